The number of carboxylic acids is 1. The molecule has 2 atom stereocenters. The molecule has 2 rings (SSSR count). The summed E-state index contributed by atoms with van der Waals surface area (Å²) in [5, 5.41) is 9.06. The van der Waals surface area contributed by atoms with Crippen LogP contribution in [0.5, 0.6) is 5.75 Å². The van der Waals surface area contributed by atoms with Crippen molar-refractivity contribution in [2.45, 2.75) is 24.8 Å². The van der Waals surface area contributed by atoms with E-state index in [1.807, 2.05) is 6.92 Å². The van der Waals surface area contributed by atoms with Crippen molar-refractivity contribution in [1.82, 2.24) is 4.90 Å². The molecule has 1 amide bonds. The van der Waals surface area contributed by atoms with E-state index >= 15 is 0 Å². The Morgan fingerprint density at radius 3 is 2.81 bits per heavy atom. The fourth-order valence-electron chi connectivity index (χ4n) is 2.28. The van der Waals surface area contributed by atoms with E-state index < -0.39 is 23.7 Å². The van der Waals surface area contributed by atoms with Gasteiger partial charge in [0, 0.05) is 11.3 Å². The molecule has 7 heteroatoms. The third-order valence-electron chi connectivity index (χ3n) is 3.36. The van der Waals surface area contributed by atoms with Crippen molar-refractivity contribution in [2.24, 2.45) is 0 Å². The lowest BCUT2D eigenvalue weighted by atomic mass is 10.1. The minimum absolute atomic E-state index is 0.0346. The van der Waals surface area contributed by atoms with E-state index in [0.717, 1.165) is 6.07 Å². The first-order valence-corrected chi connectivity index (χ1v) is 7.55. The lowest BCUT2D eigenvalue weighted by Crippen LogP contribution is -2.45. The molecule has 0 aromatic heterocycles. The highest BCUT2D eigenvalue weighted by atomic mass is 32.2. The Balaban J connectivity index is 2.34. The molecule has 114 valence electrons. The number of ether oxygens (including phenoxy) is 1. The zero-order valence-corrected chi connectivity index (χ0v) is 12.5. The van der Waals surface area contributed by atoms with E-state index in [0.29, 0.717) is 12.2 Å². The minimum Gasteiger partial charge on any atom is -0.494 e. The molecule has 1 heterocycles. The fourth-order valence-corrected chi connectivity index (χ4v) is 3.63. The van der Waals surface area contributed by atoms with Crippen LogP contribution in [0.3, 0.4) is 0 Å². The normalized spacial score (nSPS) is 21.4. The molecule has 0 radical (unpaired) electrons. The van der Waals surface area contributed by atoms with Gasteiger partial charge in [0.25, 0.3) is 5.91 Å². The summed E-state index contributed by atoms with van der Waals surface area (Å²) < 4.78 is 18.3. The molecule has 1 aliphatic heterocycles. The average Bonchev–Trinajstić information content (AvgIpc) is 2.91. The van der Waals surface area contributed by atoms with Crippen LogP contribution in [-0.2, 0) is 4.79 Å². The predicted molar refractivity (Wildman–Crippen MR) is 77.1 cm³/mol. The number of hydrogen-bond acceptors (Lipinski definition) is 4. The van der Waals surface area contributed by atoms with Crippen LogP contribution in [0.25, 0.3) is 0 Å². The molecule has 0 saturated carbocycles. The summed E-state index contributed by atoms with van der Waals surface area (Å²) in [6.07, 6.45) is 0.651. The Labute approximate surface area is 126 Å². The summed E-state index contributed by atoms with van der Waals surface area (Å²) in [4.78, 5) is 25.2. The summed E-state index contributed by atoms with van der Waals surface area (Å²) in [6, 6.07) is 2.93. The molecule has 1 aromatic carbocycles. The van der Waals surface area contributed by atoms with Crippen molar-refractivity contribution in [2.75, 3.05) is 12.9 Å². The van der Waals surface area contributed by atoms with Crippen molar-refractivity contribution in [3.05, 3.63) is 29.6 Å². The third kappa shape index (κ3) is 2.97. The number of thioether (sulfide) groups is 1. The number of benzene rings is 1. The highest BCUT2D eigenvalue weighted by Crippen LogP contribution is 2.33. The Kier molecular flexibility index (Phi) is 4.72. The van der Waals surface area contributed by atoms with Gasteiger partial charge in [-0.05, 0) is 24.6 Å². The molecule has 1 saturated heterocycles. The Bertz CT molecular complexity index is 566. The number of nitrogens with zero attached hydrogens (tertiary/aromatic N) is 1. The van der Waals surface area contributed by atoms with Crippen LogP contribution >= 0.6 is 11.8 Å². The van der Waals surface area contributed by atoms with Crippen molar-refractivity contribution < 1.29 is 23.8 Å². The molecular formula is C14H16FNO4S. The number of hydrogen-bond donors (Lipinski definition) is 1. The number of halogens is 1. The molecule has 21 heavy (non-hydrogen) atoms. The van der Waals surface area contributed by atoms with Crippen LogP contribution in [0, 0.1) is 5.82 Å². The van der Waals surface area contributed by atoms with Crippen LogP contribution < -0.4 is 4.74 Å². The van der Waals surface area contributed by atoms with Gasteiger partial charge in [-0.25, -0.2) is 9.18 Å². The van der Waals surface area contributed by atoms with Crippen LogP contribution in [0.2, 0.25) is 0 Å². The maximum atomic E-state index is 13.4. The molecule has 2 unspecified atom stereocenters. The number of amides is 1. The zero-order valence-electron chi connectivity index (χ0n) is 11.7. The lowest BCUT2D eigenvalue weighted by Gasteiger charge is -2.26. The summed E-state index contributed by atoms with van der Waals surface area (Å²) in [5.41, 5.74) is 0.223. The second kappa shape index (κ2) is 6.34. The molecule has 1 aromatic rings. The number of aliphatic carboxylic acids is 1. The van der Waals surface area contributed by atoms with Gasteiger partial charge in [0.1, 0.15) is 6.04 Å². The van der Waals surface area contributed by atoms with Gasteiger partial charge in [-0.15, -0.1) is 11.8 Å². The van der Waals surface area contributed by atoms with Crippen molar-refractivity contribution in [3.63, 3.8) is 0 Å². The van der Waals surface area contributed by atoms with Gasteiger partial charge in [-0.1, -0.05) is 6.92 Å². The maximum absolute atomic E-state index is 13.4. The monoisotopic (exact) mass is 313 g/mol. The number of carbonyl (C=O) groups excluding carboxylic acids is 1. The number of rotatable bonds is 4. The Morgan fingerprint density at radius 2 is 2.24 bits per heavy atom. The van der Waals surface area contributed by atoms with E-state index in [4.69, 9.17) is 4.74 Å². The van der Waals surface area contributed by atoms with E-state index in [1.165, 1.54) is 35.9 Å². The molecule has 5 nitrogen and oxygen atoms in total. The highest BCUT2D eigenvalue weighted by Gasteiger charge is 2.41. The summed E-state index contributed by atoms with van der Waals surface area (Å²) in [6.45, 7) is 1.90. The first-order chi connectivity index (χ1) is 9.99. The molecule has 1 fully saturated rings. The van der Waals surface area contributed by atoms with Gasteiger partial charge in [0.15, 0.2) is 11.6 Å². The summed E-state index contributed by atoms with van der Waals surface area (Å²) in [7, 11) is 1.31. The van der Waals surface area contributed by atoms with Gasteiger partial charge in [0.2, 0.25) is 0 Å². The quantitative estimate of drug-likeness (QED) is 0.923. The Morgan fingerprint density at radius 1 is 1.52 bits per heavy atom. The number of methoxy groups -OCH3 is 1. The van der Waals surface area contributed by atoms with Gasteiger partial charge >= 0.3 is 5.97 Å². The minimum atomic E-state index is -1.03. The Hall–Kier alpha value is -1.76. The molecular weight excluding hydrogens is 297 g/mol. The van der Waals surface area contributed by atoms with E-state index in [-0.39, 0.29) is 16.7 Å². The largest absolute Gasteiger partial charge is 0.494 e. The first-order valence-electron chi connectivity index (χ1n) is 6.50. The van der Waals surface area contributed by atoms with Crippen molar-refractivity contribution in [1.29, 1.82) is 0 Å². The average molecular weight is 313 g/mol. The van der Waals surface area contributed by atoms with Gasteiger partial charge in [-0.3, -0.25) is 4.79 Å². The topological polar surface area (TPSA) is 66.8 Å². The SMILES string of the molecule is CCC1SCC(C(=O)O)N1C(=O)c1ccc(F)c(OC)c1. The predicted octanol–water partition coefficient (Wildman–Crippen LogP) is 2.21. The zero-order chi connectivity index (χ0) is 15.6. The highest BCUT2D eigenvalue weighted by molar-refractivity contribution is 8.00. The van der Waals surface area contributed by atoms with E-state index in [9.17, 15) is 19.1 Å². The van der Waals surface area contributed by atoms with Gasteiger partial charge < -0.3 is 14.7 Å². The second-order valence-corrected chi connectivity index (χ2v) is 5.82. The van der Waals surface area contributed by atoms with Gasteiger partial charge in [0.05, 0.1) is 12.5 Å². The van der Waals surface area contributed by atoms with Crippen molar-refractivity contribution >= 4 is 23.6 Å². The summed E-state index contributed by atoms with van der Waals surface area (Å²) in [5.74, 6) is -1.68. The maximum Gasteiger partial charge on any atom is 0.327 e. The second-order valence-electron chi connectivity index (χ2n) is 4.61. The summed E-state index contributed by atoms with van der Waals surface area (Å²) >= 11 is 1.44. The number of carbonyl (C=O) groups is 2. The smallest absolute Gasteiger partial charge is 0.327 e. The van der Waals surface area contributed by atoms with Crippen LogP contribution in [-0.4, -0.2) is 46.2 Å². The van der Waals surface area contributed by atoms with Gasteiger partial charge in [-0.2, -0.15) is 0 Å². The first kappa shape index (κ1) is 15.6. The molecule has 0 spiro atoms. The van der Waals surface area contributed by atoms with Crippen LogP contribution in [0.15, 0.2) is 18.2 Å². The van der Waals surface area contributed by atoms with Crippen LogP contribution in [0.1, 0.15) is 23.7 Å². The van der Waals surface area contributed by atoms with Crippen molar-refractivity contribution in [3.8, 4) is 5.75 Å². The molecule has 0 aliphatic carbocycles. The molecule has 0 bridgehead atoms. The van der Waals surface area contributed by atoms with E-state index in [2.05, 4.69) is 0 Å². The lowest BCUT2D eigenvalue weighted by molar-refractivity contribution is -0.141. The molecule has 1 N–H and O–H groups in total. The fraction of sp³-hybridized carbons (Fsp3) is 0.429. The third-order valence-corrected chi connectivity index (χ3v) is 4.81. The van der Waals surface area contributed by atoms with Crippen LogP contribution in [0.4, 0.5) is 4.39 Å². The number of carboxylic acid groups (broad SMARTS) is 1. The molecule has 1 aliphatic rings. The standard InChI is InChI=1S/C14H16FNO4S/c1-3-12-16(10(7-21-12)14(18)19)13(17)8-4-5-9(15)11(6-8)20-2/h4-6,10,12H,3,7H2,1-2H3,(H,18,19). The van der Waals surface area contributed by atoms with E-state index in [1.54, 1.807) is 0 Å².